The molecule has 0 saturated heterocycles. The first kappa shape index (κ1) is 26.1. The summed E-state index contributed by atoms with van der Waals surface area (Å²) in [6.45, 7) is -4.98. The molecule has 0 bridgehead atoms. The Morgan fingerprint density at radius 1 is 0.630 bits per heavy atom. The van der Waals surface area contributed by atoms with Gasteiger partial charge >= 0.3 is 10.4 Å². The third-order valence-corrected chi connectivity index (χ3v) is 3.10. The van der Waals surface area contributed by atoms with Gasteiger partial charge in [-0.2, -0.15) is 8.42 Å². The number of hydrogen-bond acceptors (Lipinski definition) is 3. The summed E-state index contributed by atoms with van der Waals surface area (Å²) in [5, 5.41) is 0. The van der Waals surface area contributed by atoms with Crippen molar-refractivity contribution in [2.24, 2.45) is 0 Å². The van der Waals surface area contributed by atoms with Gasteiger partial charge in [-0.3, -0.25) is 4.55 Å². The Hall–Kier alpha value is -0.900. The Morgan fingerprint density at radius 2 is 0.926 bits per heavy atom. The smallest absolute Gasteiger partial charge is 0.264 e. The summed E-state index contributed by atoms with van der Waals surface area (Å²) in [4.78, 5) is 0. The molecular weight excluding hydrogens is 437 g/mol. The predicted octanol–water partition coefficient (Wildman–Crippen LogP) is 4.51. The minimum atomic E-state index is -5.47. The first-order chi connectivity index (χ1) is 11.6. The van der Waals surface area contributed by atoms with Crippen molar-refractivity contribution in [2.75, 3.05) is 13.3 Å². The Morgan fingerprint density at radius 3 is 1.22 bits per heavy atom. The molecule has 0 radical (unpaired) electrons. The number of halogens is 11. The molecule has 0 heterocycles. The van der Waals surface area contributed by atoms with Gasteiger partial charge in [-0.15, -0.1) is 0 Å². The van der Waals surface area contributed by atoms with E-state index in [9.17, 15) is 56.7 Å². The van der Waals surface area contributed by atoms with Crippen LogP contribution in [-0.2, 0) is 14.6 Å². The van der Waals surface area contributed by atoms with Gasteiger partial charge in [0.15, 0.2) is 6.67 Å². The number of alkyl halides is 11. The van der Waals surface area contributed by atoms with Crippen molar-refractivity contribution in [3.05, 3.63) is 0 Å². The zero-order valence-corrected chi connectivity index (χ0v) is 13.8. The van der Waals surface area contributed by atoms with E-state index < -0.39 is 79.0 Å². The van der Waals surface area contributed by atoms with Crippen LogP contribution in [0.5, 0.6) is 0 Å². The SMILES string of the molecule is O=S(=O)(O)OCC(F)(F)CC(F)(F)CC(F)(F)CC(F)(F)CC(F)(F)CF. The van der Waals surface area contributed by atoms with Crippen molar-refractivity contribution in [1.82, 2.24) is 0 Å². The average molecular weight is 450 g/mol. The highest BCUT2D eigenvalue weighted by Gasteiger charge is 2.55. The molecule has 1 N–H and O–H groups in total. The van der Waals surface area contributed by atoms with Gasteiger partial charge in [-0.25, -0.2) is 52.5 Å². The second-order valence-electron chi connectivity index (χ2n) is 5.81. The molecular formula is C11H13F11O4S. The number of rotatable bonds is 12. The standard InChI is InChI=1S/C11H13F11O4S/c12-5-10(19,20)3-8(15,16)1-7(13,14)2-9(17,18)4-11(21,22)6-26-27(23,24)25/h1-6H2,(H,23,24,25). The molecule has 0 saturated carbocycles. The van der Waals surface area contributed by atoms with E-state index in [-0.39, 0.29) is 0 Å². The summed E-state index contributed by atoms with van der Waals surface area (Å²) >= 11 is 0. The topological polar surface area (TPSA) is 63.6 Å². The predicted molar refractivity (Wildman–Crippen MR) is 66.7 cm³/mol. The van der Waals surface area contributed by atoms with Gasteiger partial charge in [0.25, 0.3) is 29.6 Å². The van der Waals surface area contributed by atoms with Gasteiger partial charge in [0.05, 0.1) is 25.7 Å². The van der Waals surface area contributed by atoms with Crippen molar-refractivity contribution in [3.63, 3.8) is 0 Å². The summed E-state index contributed by atoms with van der Waals surface area (Å²) in [6.07, 6.45) is -11.3. The van der Waals surface area contributed by atoms with Gasteiger partial charge in [-0.1, -0.05) is 0 Å². The highest BCUT2D eigenvalue weighted by Crippen LogP contribution is 2.44. The molecule has 0 aliphatic rings. The lowest BCUT2D eigenvalue weighted by Gasteiger charge is -2.29. The average Bonchev–Trinajstić information content (AvgIpc) is 2.29. The van der Waals surface area contributed by atoms with Gasteiger partial charge in [-0.05, 0) is 0 Å². The largest absolute Gasteiger partial charge is 0.397 e. The van der Waals surface area contributed by atoms with Crippen LogP contribution in [0.25, 0.3) is 0 Å². The third kappa shape index (κ3) is 12.2. The minimum Gasteiger partial charge on any atom is -0.264 e. The molecule has 0 unspecified atom stereocenters. The first-order valence-corrected chi connectivity index (χ1v) is 8.03. The summed E-state index contributed by atoms with van der Waals surface area (Å²) in [5.41, 5.74) is 0. The van der Waals surface area contributed by atoms with Crippen LogP contribution >= 0.6 is 0 Å². The molecule has 4 nitrogen and oxygen atoms in total. The highest BCUT2D eigenvalue weighted by molar-refractivity contribution is 7.80. The van der Waals surface area contributed by atoms with Gasteiger partial charge in [0.2, 0.25) is 0 Å². The van der Waals surface area contributed by atoms with Crippen molar-refractivity contribution in [1.29, 1.82) is 0 Å². The van der Waals surface area contributed by atoms with E-state index >= 15 is 0 Å². The fourth-order valence-electron chi connectivity index (χ4n) is 1.96. The molecule has 27 heavy (non-hydrogen) atoms. The molecule has 0 aromatic rings. The molecule has 0 fully saturated rings. The Kier molecular flexibility index (Phi) is 7.95. The molecule has 0 spiro atoms. The van der Waals surface area contributed by atoms with Crippen LogP contribution in [0, 0.1) is 0 Å². The lowest BCUT2D eigenvalue weighted by atomic mass is 9.96. The van der Waals surface area contributed by atoms with Crippen LogP contribution in [-0.4, -0.2) is 55.9 Å². The van der Waals surface area contributed by atoms with Crippen LogP contribution in [0.4, 0.5) is 48.3 Å². The van der Waals surface area contributed by atoms with E-state index in [0.717, 1.165) is 0 Å². The zero-order valence-electron chi connectivity index (χ0n) is 13.0. The van der Waals surface area contributed by atoms with E-state index in [1.807, 2.05) is 0 Å². The maximum Gasteiger partial charge on any atom is 0.397 e. The van der Waals surface area contributed by atoms with Gasteiger partial charge in [0, 0.05) is 0 Å². The Bertz CT molecular complexity index is 591. The normalized spacial score (nSPS) is 15.3. The first-order valence-electron chi connectivity index (χ1n) is 6.66. The van der Waals surface area contributed by atoms with Crippen LogP contribution < -0.4 is 0 Å². The quantitative estimate of drug-likeness (QED) is 0.351. The molecule has 164 valence electrons. The van der Waals surface area contributed by atoms with Crippen LogP contribution in [0.3, 0.4) is 0 Å². The van der Waals surface area contributed by atoms with Crippen molar-refractivity contribution in [2.45, 2.75) is 55.3 Å². The molecule has 0 aliphatic heterocycles. The van der Waals surface area contributed by atoms with E-state index in [1.54, 1.807) is 0 Å². The number of hydrogen-bond donors (Lipinski definition) is 1. The van der Waals surface area contributed by atoms with E-state index in [4.69, 9.17) is 4.55 Å². The maximum absolute atomic E-state index is 13.3. The third-order valence-electron chi connectivity index (χ3n) is 2.68. The van der Waals surface area contributed by atoms with E-state index in [1.165, 1.54) is 0 Å². The maximum atomic E-state index is 13.3. The Balaban J connectivity index is 5.03. The van der Waals surface area contributed by atoms with Crippen LogP contribution in [0.15, 0.2) is 0 Å². The van der Waals surface area contributed by atoms with Crippen molar-refractivity contribution in [3.8, 4) is 0 Å². The Labute approximate surface area is 145 Å². The lowest BCUT2D eigenvalue weighted by Crippen LogP contribution is -2.41. The minimum absolute atomic E-state index is 2.36. The monoisotopic (exact) mass is 450 g/mol. The molecule has 0 amide bonds. The van der Waals surface area contributed by atoms with Crippen molar-refractivity contribution >= 4 is 10.4 Å². The summed E-state index contributed by atoms with van der Waals surface area (Å²) in [6, 6.07) is 0. The fourth-order valence-corrected chi connectivity index (χ4v) is 2.28. The van der Waals surface area contributed by atoms with Crippen LogP contribution in [0.1, 0.15) is 25.7 Å². The van der Waals surface area contributed by atoms with Gasteiger partial charge < -0.3 is 0 Å². The summed E-state index contributed by atoms with van der Waals surface area (Å²) < 4.78 is 174. The summed E-state index contributed by atoms with van der Waals surface area (Å²) in [7, 11) is -5.47. The lowest BCUT2D eigenvalue weighted by molar-refractivity contribution is -0.196. The van der Waals surface area contributed by atoms with E-state index in [2.05, 4.69) is 4.18 Å². The fraction of sp³-hybridized carbons (Fsp3) is 1.00. The van der Waals surface area contributed by atoms with Gasteiger partial charge in [0.1, 0.15) is 6.61 Å². The molecule has 0 aromatic carbocycles. The molecule has 16 heteroatoms. The van der Waals surface area contributed by atoms with E-state index in [0.29, 0.717) is 0 Å². The zero-order chi connectivity index (χ0) is 21.9. The van der Waals surface area contributed by atoms with Crippen molar-refractivity contribution < 1.29 is 65.4 Å². The second-order valence-corrected chi connectivity index (χ2v) is 6.90. The highest BCUT2D eigenvalue weighted by atomic mass is 32.3. The molecule has 0 rings (SSSR count). The summed E-state index contributed by atoms with van der Waals surface area (Å²) in [5.74, 6) is -24.7. The molecule has 0 aromatic heterocycles. The molecule has 0 atom stereocenters. The second kappa shape index (κ2) is 8.23. The van der Waals surface area contributed by atoms with Crippen LogP contribution in [0.2, 0.25) is 0 Å². The molecule has 0 aliphatic carbocycles.